The molecular formula is C15H21N3O3. The summed E-state index contributed by atoms with van der Waals surface area (Å²) in [6.07, 6.45) is 4.51. The van der Waals surface area contributed by atoms with E-state index in [1.54, 1.807) is 24.4 Å². The van der Waals surface area contributed by atoms with E-state index in [2.05, 4.69) is 10.3 Å². The van der Waals surface area contributed by atoms with Crippen LogP contribution in [0.5, 0.6) is 0 Å². The maximum Gasteiger partial charge on any atom is 0.225 e. The standard InChI is InChI=1S/C15H21N3O3/c1-21-7-3-6-18-11-13(8-14(18)19)15(20)17-10-12-4-2-5-16-9-12/h2,4-5,9,13H,3,6-8,10-11H2,1H3,(H,17,20). The Bertz CT molecular complexity index is 478. The van der Waals surface area contributed by atoms with E-state index in [0.29, 0.717) is 32.7 Å². The Labute approximate surface area is 124 Å². The van der Waals surface area contributed by atoms with Crippen molar-refractivity contribution in [3.8, 4) is 0 Å². The molecular weight excluding hydrogens is 270 g/mol. The van der Waals surface area contributed by atoms with Crippen molar-refractivity contribution in [2.45, 2.75) is 19.4 Å². The fourth-order valence-electron chi connectivity index (χ4n) is 2.40. The van der Waals surface area contributed by atoms with E-state index in [-0.39, 0.29) is 17.7 Å². The van der Waals surface area contributed by atoms with Gasteiger partial charge in [-0.2, -0.15) is 0 Å². The van der Waals surface area contributed by atoms with E-state index in [1.807, 2.05) is 12.1 Å². The van der Waals surface area contributed by atoms with Crippen LogP contribution < -0.4 is 5.32 Å². The van der Waals surface area contributed by atoms with Gasteiger partial charge in [-0.05, 0) is 18.1 Å². The van der Waals surface area contributed by atoms with Crippen molar-refractivity contribution < 1.29 is 14.3 Å². The van der Waals surface area contributed by atoms with Crippen LogP contribution in [0.25, 0.3) is 0 Å². The molecule has 1 aliphatic heterocycles. The highest BCUT2D eigenvalue weighted by Crippen LogP contribution is 2.18. The van der Waals surface area contributed by atoms with Crippen LogP contribution in [-0.4, -0.2) is 48.5 Å². The highest BCUT2D eigenvalue weighted by Gasteiger charge is 2.33. The Kier molecular flexibility index (Phi) is 5.68. The maximum atomic E-state index is 12.1. The molecule has 0 aromatic carbocycles. The summed E-state index contributed by atoms with van der Waals surface area (Å²) in [6.45, 7) is 2.23. The molecule has 114 valence electrons. The van der Waals surface area contributed by atoms with Gasteiger partial charge in [0.1, 0.15) is 0 Å². The third-order valence-corrected chi connectivity index (χ3v) is 3.55. The third kappa shape index (κ3) is 4.53. The summed E-state index contributed by atoms with van der Waals surface area (Å²) in [4.78, 5) is 29.7. The number of carbonyl (C=O) groups is 2. The van der Waals surface area contributed by atoms with E-state index in [4.69, 9.17) is 4.74 Å². The summed E-state index contributed by atoms with van der Waals surface area (Å²) in [5.74, 6) is -0.272. The highest BCUT2D eigenvalue weighted by atomic mass is 16.5. The molecule has 6 nitrogen and oxygen atoms in total. The number of nitrogens with one attached hydrogen (secondary N) is 1. The summed E-state index contributed by atoms with van der Waals surface area (Å²) in [5, 5.41) is 2.87. The van der Waals surface area contributed by atoms with Crippen LogP contribution in [0.2, 0.25) is 0 Å². The smallest absolute Gasteiger partial charge is 0.225 e. The maximum absolute atomic E-state index is 12.1. The van der Waals surface area contributed by atoms with Crippen molar-refractivity contribution in [2.75, 3.05) is 26.8 Å². The normalized spacial score (nSPS) is 18.0. The zero-order valence-electron chi connectivity index (χ0n) is 12.2. The number of methoxy groups -OCH3 is 1. The summed E-state index contributed by atoms with van der Waals surface area (Å²) >= 11 is 0. The fraction of sp³-hybridized carbons (Fsp3) is 0.533. The molecule has 0 aliphatic carbocycles. The zero-order valence-corrected chi connectivity index (χ0v) is 12.2. The Morgan fingerprint density at radius 1 is 1.57 bits per heavy atom. The molecule has 0 bridgehead atoms. The molecule has 1 aromatic heterocycles. The number of ether oxygens (including phenoxy) is 1. The molecule has 0 saturated carbocycles. The zero-order chi connectivity index (χ0) is 15.1. The number of likely N-dealkylation sites (tertiary alicyclic amines) is 1. The number of hydrogen-bond acceptors (Lipinski definition) is 4. The van der Waals surface area contributed by atoms with Gasteiger partial charge in [-0.25, -0.2) is 0 Å². The van der Waals surface area contributed by atoms with Gasteiger partial charge >= 0.3 is 0 Å². The average Bonchev–Trinajstić information content (AvgIpc) is 2.87. The van der Waals surface area contributed by atoms with Crippen LogP contribution in [0, 0.1) is 5.92 Å². The second kappa shape index (κ2) is 7.73. The first-order valence-corrected chi connectivity index (χ1v) is 7.14. The van der Waals surface area contributed by atoms with E-state index >= 15 is 0 Å². The van der Waals surface area contributed by atoms with Gasteiger partial charge in [-0.15, -0.1) is 0 Å². The van der Waals surface area contributed by atoms with Crippen LogP contribution in [0.1, 0.15) is 18.4 Å². The van der Waals surface area contributed by atoms with Crippen molar-refractivity contribution in [3.05, 3.63) is 30.1 Å². The van der Waals surface area contributed by atoms with E-state index in [0.717, 1.165) is 12.0 Å². The molecule has 1 fully saturated rings. The molecule has 6 heteroatoms. The van der Waals surface area contributed by atoms with Crippen molar-refractivity contribution in [2.24, 2.45) is 5.92 Å². The van der Waals surface area contributed by atoms with Crippen LogP contribution in [0.15, 0.2) is 24.5 Å². The molecule has 0 radical (unpaired) electrons. The Balaban J connectivity index is 1.77. The van der Waals surface area contributed by atoms with Gasteiger partial charge in [0.05, 0.1) is 5.92 Å². The first-order chi connectivity index (χ1) is 10.2. The van der Waals surface area contributed by atoms with Crippen LogP contribution >= 0.6 is 0 Å². The van der Waals surface area contributed by atoms with Crippen molar-refractivity contribution in [3.63, 3.8) is 0 Å². The minimum Gasteiger partial charge on any atom is -0.385 e. The van der Waals surface area contributed by atoms with E-state index < -0.39 is 0 Å². The van der Waals surface area contributed by atoms with Gasteiger partial charge in [0.15, 0.2) is 0 Å². The largest absolute Gasteiger partial charge is 0.385 e. The molecule has 1 N–H and O–H groups in total. The molecule has 1 aliphatic rings. The molecule has 1 atom stereocenters. The van der Waals surface area contributed by atoms with Gasteiger partial charge < -0.3 is 15.0 Å². The summed E-state index contributed by atoms with van der Waals surface area (Å²) < 4.78 is 4.98. The van der Waals surface area contributed by atoms with Gasteiger partial charge in [0.25, 0.3) is 0 Å². The first-order valence-electron chi connectivity index (χ1n) is 7.14. The number of pyridine rings is 1. The van der Waals surface area contributed by atoms with Crippen LogP contribution in [-0.2, 0) is 20.9 Å². The lowest BCUT2D eigenvalue weighted by Crippen LogP contribution is -2.33. The molecule has 1 aromatic rings. The fourth-order valence-corrected chi connectivity index (χ4v) is 2.40. The SMILES string of the molecule is COCCCN1CC(C(=O)NCc2cccnc2)CC1=O. The van der Waals surface area contributed by atoms with Gasteiger partial charge in [0.2, 0.25) is 11.8 Å². The minimum absolute atomic E-state index is 0.0487. The topological polar surface area (TPSA) is 71.5 Å². The number of aromatic nitrogens is 1. The Morgan fingerprint density at radius 2 is 2.43 bits per heavy atom. The van der Waals surface area contributed by atoms with Crippen molar-refractivity contribution in [1.82, 2.24) is 15.2 Å². The van der Waals surface area contributed by atoms with Crippen LogP contribution in [0.4, 0.5) is 0 Å². The molecule has 21 heavy (non-hydrogen) atoms. The second-order valence-electron chi connectivity index (χ2n) is 5.17. The minimum atomic E-state index is -0.253. The first kappa shape index (κ1) is 15.4. The number of hydrogen-bond donors (Lipinski definition) is 1. The molecule has 2 heterocycles. The quantitative estimate of drug-likeness (QED) is 0.746. The van der Waals surface area contributed by atoms with Gasteiger partial charge in [-0.3, -0.25) is 14.6 Å². The van der Waals surface area contributed by atoms with Crippen molar-refractivity contribution >= 4 is 11.8 Å². The number of carbonyl (C=O) groups excluding carboxylic acids is 2. The lowest BCUT2D eigenvalue weighted by molar-refractivity contribution is -0.129. The number of amides is 2. The number of rotatable bonds is 7. The Morgan fingerprint density at radius 3 is 3.14 bits per heavy atom. The predicted molar refractivity (Wildman–Crippen MR) is 77.3 cm³/mol. The summed E-state index contributed by atoms with van der Waals surface area (Å²) in [6, 6.07) is 3.74. The van der Waals surface area contributed by atoms with E-state index in [1.165, 1.54) is 0 Å². The number of nitrogens with zero attached hydrogens (tertiary/aromatic N) is 2. The highest BCUT2D eigenvalue weighted by molar-refractivity contribution is 5.89. The van der Waals surface area contributed by atoms with Crippen molar-refractivity contribution in [1.29, 1.82) is 0 Å². The molecule has 2 amide bonds. The lowest BCUT2D eigenvalue weighted by Gasteiger charge is -2.16. The predicted octanol–water partition coefficient (Wildman–Crippen LogP) is 0.583. The molecule has 1 unspecified atom stereocenters. The van der Waals surface area contributed by atoms with Gasteiger partial charge in [-0.1, -0.05) is 6.07 Å². The monoisotopic (exact) mass is 291 g/mol. The third-order valence-electron chi connectivity index (χ3n) is 3.55. The molecule has 0 spiro atoms. The average molecular weight is 291 g/mol. The Hall–Kier alpha value is -1.95. The van der Waals surface area contributed by atoms with Crippen LogP contribution in [0.3, 0.4) is 0 Å². The lowest BCUT2D eigenvalue weighted by atomic mass is 10.1. The summed E-state index contributed by atoms with van der Waals surface area (Å²) in [7, 11) is 1.64. The van der Waals surface area contributed by atoms with E-state index in [9.17, 15) is 9.59 Å². The second-order valence-corrected chi connectivity index (χ2v) is 5.17. The molecule has 1 saturated heterocycles. The molecule has 2 rings (SSSR count). The van der Waals surface area contributed by atoms with Gasteiger partial charge in [0, 0.05) is 52.2 Å². The summed E-state index contributed by atoms with van der Waals surface area (Å²) in [5.41, 5.74) is 0.951.